The Labute approximate surface area is 82.1 Å². The molecule has 1 fully saturated rings. The summed E-state index contributed by atoms with van der Waals surface area (Å²) in [4.78, 5) is 0. The van der Waals surface area contributed by atoms with Gasteiger partial charge in [-0.1, -0.05) is 12.1 Å². The first-order valence-corrected chi connectivity index (χ1v) is 4.59. The summed E-state index contributed by atoms with van der Waals surface area (Å²) >= 11 is 0. The first-order valence-electron chi connectivity index (χ1n) is 4.59. The van der Waals surface area contributed by atoms with Crippen molar-refractivity contribution in [2.75, 3.05) is 0 Å². The van der Waals surface area contributed by atoms with Crippen LogP contribution in [0, 0.1) is 17.1 Å². The summed E-state index contributed by atoms with van der Waals surface area (Å²) < 4.78 is 12.7. The van der Waals surface area contributed by atoms with Crippen molar-refractivity contribution in [2.24, 2.45) is 5.73 Å². The molecule has 0 heterocycles. The summed E-state index contributed by atoms with van der Waals surface area (Å²) in [5, 5.41) is 9.08. The van der Waals surface area contributed by atoms with Gasteiger partial charge >= 0.3 is 0 Å². The highest BCUT2D eigenvalue weighted by Gasteiger charge is 2.44. The van der Waals surface area contributed by atoms with Gasteiger partial charge in [-0.3, -0.25) is 0 Å². The summed E-state index contributed by atoms with van der Waals surface area (Å²) in [6.45, 7) is 0. The van der Waals surface area contributed by atoms with Gasteiger partial charge in [0.1, 0.15) is 5.82 Å². The maximum Gasteiger partial charge on any atom is 0.123 e. The number of halogens is 1. The molecule has 0 bridgehead atoms. The van der Waals surface area contributed by atoms with E-state index in [2.05, 4.69) is 6.07 Å². The Kier molecular flexibility index (Phi) is 2.01. The molecule has 0 aromatic heterocycles. The molecule has 0 amide bonds. The van der Waals surface area contributed by atoms with E-state index in [-0.39, 0.29) is 11.9 Å². The predicted octanol–water partition coefficient (Wildman–Crippen LogP) is 1.71. The minimum absolute atomic E-state index is 0.111. The SMILES string of the molecule is N#CC1(c2ccc(F)cc2)CC(N)C1. The fourth-order valence-electron chi connectivity index (χ4n) is 2.00. The molecule has 0 unspecified atom stereocenters. The molecule has 2 nitrogen and oxygen atoms in total. The summed E-state index contributed by atoms with van der Waals surface area (Å²) in [7, 11) is 0. The first kappa shape index (κ1) is 9.17. The van der Waals surface area contributed by atoms with Gasteiger partial charge in [-0.05, 0) is 30.5 Å². The topological polar surface area (TPSA) is 49.8 Å². The van der Waals surface area contributed by atoms with E-state index >= 15 is 0 Å². The van der Waals surface area contributed by atoms with Crippen molar-refractivity contribution in [1.82, 2.24) is 0 Å². The Morgan fingerprint density at radius 2 is 1.93 bits per heavy atom. The van der Waals surface area contributed by atoms with E-state index in [1.54, 1.807) is 12.1 Å². The number of hydrogen-bond acceptors (Lipinski definition) is 2. The normalized spacial score (nSPS) is 30.5. The van der Waals surface area contributed by atoms with Crippen molar-refractivity contribution in [3.8, 4) is 6.07 Å². The zero-order valence-electron chi connectivity index (χ0n) is 7.70. The molecule has 1 aliphatic rings. The molecule has 0 spiro atoms. The number of hydrogen-bond donors (Lipinski definition) is 1. The van der Waals surface area contributed by atoms with E-state index in [1.165, 1.54) is 12.1 Å². The quantitative estimate of drug-likeness (QED) is 0.732. The van der Waals surface area contributed by atoms with Crippen LogP contribution in [0.15, 0.2) is 24.3 Å². The van der Waals surface area contributed by atoms with Crippen molar-refractivity contribution in [3.05, 3.63) is 35.6 Å². The van der Waals surface area contributed by atoms with Crippen molar-refractivity contribution in [3.63, 3.8) is 0 Å². The van der Waals surface area contributed by atoms with E-state index in [9.17, 15) is 4.39 Å². The highest BCUT2D eigenvalue weighted by Crippen LogP contribution is 2.42. The van der Waals surface area contributed by atoms with Gasteiger partial charge in [0, 0.05) is 6.04 Å². The van der Waals surface area contributed by atoms with Crippen LogP contribution in [-0.2, 0) is 5.41 Å². The lowest BCUT2D eigenvalue weighted by Gasteiger charge is -2.40. The van der Waals surface area contributed by atoms with Crippen molar-refractivity contribution >= 4 is 0 Å². The second-order valence-electron chi connectivity index (χ2n) is 3.87. The minimum atomic E-state index is -0.465. The Balaban J connectivity index is 2.31. The molecule has 0 aliphatic heterocycles. The molecule has 1 aromatic rings. The fraction of sp³-hybridized carbons (Fsp3) is 0.364. The molecular weight excluding hydrogens is 179 g/mol. The standard InChI is InChI=1S/C11H11FN2/c12-9-3-1-8(2-4-9)11(7-13)5-10(14)6-11/h1-4,10H,5-6,14H2. The molecule has 1 saturated carbocycles. The zero-order valence-corrected chi connectivity index (χ0v) is 7.70. The molecule has 0 saturated heterocycles. The molecular formula is C11H11FN2. The largest absolute Gasteiger partial charge is 0.328 e. The third kappa shape index (κ3) is 1.28. The van der Waals surface area contributed by atoms with Crippen LogP contribution in [-0.4, -0.2) is 6.04 Å². The van der Waals surface area contributed by atoms with Gasteiger partial charge in [-0.15, -0.1) is 0 Å². The van der Waals surface area contributed by atoms with E-state index < -0.39 is 5.41 Å². The van der Waals surface area contributed by atoms with Gasteiger partial charge in [0.15, 0.2) is 0 Å². The molecule has 2 rings (SSSR count). The average molecular weight is 190 g/mol. The minimum Gasteiger partial charge on any atom is -0.328 e. The summed E-state index contributed by atoms with van der Waals surface area (Å²) in [5.74, 6) is -0.273. The maximum atomic E-state index is 12.7. The Hall–Kier alpha value is -1.40. The van der Waals surface area contributed by atoms with Crippen LogP contribution >= 0.6 is 0 Å². The second-order valence-corrected chi connectivity index (χ2v) is 3.87. The Morgan fingerprint density at radius 3 is 2.36 bits per heavy atom. The smallest absolute Gasteiger partial charge is 0.123 e. The number of nitriles is 1. The van der Waals surface area contributed by atoms with Gasteiger partial charge in [-0.2, -0.15) is 5.26 Å². The highest BCUT2D eigenvalue weighted by atomic mass is 19.1. The lowest BCUT2D eigenvalue weighted by atomic mass is 9.63. The number of nitrogens with zero attached hydrogens (tertiary/aromatic N) is 1. The van der Waals surface area contributed by atoms with Gasteiger partial charge in [0.05, 0.1) is 11.5 Å². The lowest BCUT2D eigenvalue weighted by Crippen LogP contribution is -2.48. The van der Waals surface area contributed by atoms with E-state index in [4.69, 9.17) is 11.0 Å². The van der Waals surface area contributed by atoms with Crippen LogP contribution in [0.1, 0.15) is 18.4 Å². The molecule has 1 aromatic carbocycles. The summed E-state index contributed by atoms with van der Waals surface area (Å²) in [6.07, 6.45) is 1.35. The molecule has 14 heavy (non-hydrogen) atoms. The van der Waals surface area contributed by atoms with Gasteiger partial charge in [0.25, 0.3) is 0 Å². The van der Waals surface area contributed by atoms with Crippen molar-refractivity contribution in [1.29, 1.82) is 5.26 Å². The summed E-state index contributed by atoms with van der Waals surface area (Å²) in [6, 6.07) is 8.51. The molecule has 1 aliphatic carbocycles. The van der Waals surface area contributed by atoms with E-state index in [0.717, 1.165) is 5.56 Å². The maximum absolute atomic E-state index is 12.7. The number of benzene rings is 1. The van der Waals surface area contributed by atoms with Crippen LogP contribution in [0.5, 0.6) is 0 Å². The fourth-order valence-corrected chi connectivity index (χ4v) is 2.00. The first-order chi connectivity index (χ1) is 6.66. The van der Waals surface area contributed by atoms with Crippen LogP contribution in [0.25, 0.3) is 0 Å². The molecule has 3 heteroatoms. The third-order valence-electron chi connectivity index (χ3n) is 2.83. The van der Waals surface area contributed by atoms with Gasteiger partial charge < -0.3 is 5.73 Å². The van der Waals surface area contributed by atoms with E-state index in [1.807, 2.05) is 0 Å². The Bertz CT molecular complexity index is 371. The predicted molar refractivity (Wildman–Crippen MR) is 50.9 cm³/mol. The number of nitrogens with two attached hydrogens (primary N) is 1. The number of rotatable bonds is 1. The van der Waals surface area contributed by atoms with Gasteiger partial charge in [-0.25, -0.2) is 4.39 Å². The second kappa shape index (κ2) is 3.07. The summed E-state index contributed by atoms with van der Waals surface area (Å²) in [5.41, 5.74) is 6.08. The molecule has 2 N–H and O–H groups in total. The lowest BCUT2D eigenvalue weighted by molar-refractivity contribution is 0.271. The van der Waals surface area contributed by atoms with E-state index in [0.29, 0.717) is 12.8 Å². The van der Waals surface area contributed by atoms with Crippen LogP contribution in [0.4, 0.5) is 4.39 Å². The van der Waals surface area contributed by atoms with Crippen LogP contribution < -0.4 is 5.73 Å². The molecule has 72 valence electrons. The van der Waals surface area contributed by atoms with Crippen molar-refractivity contribution in [2.45, 2.75) is 24.3 Å². The molecule has 0 radical (unpaired) electrons. The van der Waals surface area contributed by atoms with Crippen molar-refractivity contribution < 1.29 is 4.39 Å². The highest BCUT2D eigenvalue weighted by molar-refractivity contribution is 5.36. The zero-order chi connectivity index (χ0) is 10.2. The third-order valence-corrected chi connectivity index (χ3v) is 2.83. The average Bonchev–Trinajstić information content (AvgIpc) is 2.14. The monoisotopic (exact) mass is 190 g/mol. The Morgan fingerprint density at radius 1 is 1.36 bits per heavy atom. The van der Waals surface area contributed by atoms with Crippen LogP contribution in [0.2, 0.25) is 0 Å². The van der Waals surface area contributed by atoms with Crippen LogP contribution in [0.3, 0.4) is 0 Å². The molecule has 0 atom stereocenters. The van der Waals surface area contributed by atoms with Gasteiger partial charge in [0.2, 0.25) is 0 Å².